The fourth-order valence-corrected chi connectivity index (χ4v) is 3.99. The summed E-state index contributed by atoms with van der Waals surface area (Å²) in [6, 6.07) is 8.36. The van der Waals surface area contributed by atoms with Gasteiger partial charge in [-0.05, 0) is 32.4 Å². The molecule has 1 heterocycles. The highest BCUT2D eigenvalue weighted by molar-refractivity contribution is 5.83. The Morgan fingerprint density at radius 3 is 2.72 bits per heavy atom. The molecule has 0 bridgehead atoms. The highest BCUT2D eigenvalue weighted by Gasteiger charge is 2.36. The van der Waals surface area contributed by atoms with Crippen LogP contribution in [0.5, 0.6) is 0 Å². The van der Waals surface area contributed by atoms with E-state index in [1.165, 1.54) is 24.0 Å². The normalized spacial score (nSPS) is 17.4. The lowest BCUT2D eigenvalue weighted by Crippen LogP contribution is -2.43. The minimum atomic E-state index is -0.371. The van der Waals surface area contributed by atoms with Crippen LogP contribution >= 0.6 is 0 Å². The molecular formula is C20H28N4O. The van der Waals surface area contributed by atoms with Crippen molar-refractivity contribution in [3.8, 4) is 0 Å². The summed E-state index contributed by atoms with van der Waals surface area (Å²) in [5.41, 5.74) is 3.58. The monoisotopic (exact) mass is 340 g/mol. The van der Waals surface area contributed by atoms with E-state index in [2.05, 4.69) is 46.9 Å². The Bertz CT molecular complexity index is 731. The van der Waals surface area contributed by atoms with Gasteiger partial charge in [0.15, 0.2) is 0 Å². The molecule has 1 saturated carbocycles. The van der Waals surface area contributed by atoms with Crippen molar-refractivity contribution in [1.82, 2.24) is 20.4 Å². The van der Waals surface area contributed by atoms with Gasteiger partial charge in [0, 0.05) is 30.8 Å². The Balaban J connectivity index is 1.74. The number of amides is 1. The van der Waals surface area contributed by atoms with Crippen molar-refractivity contribution in [3.63, 3.8) is 0 Å². The number of rotatable bonds is 6. The molecule has 2 N–H and O–H groups in total. The van der Waals surface area contributed by atoms with Crippen LogP contribution in [0.1, 0.15) is 48.4 Å². The summed E-state index contributed by atoms with van der Waals surface area (Å²) >= 11 is 0. The number of nitrogens with zero attached hydrogens (tertiary/aromatic N) is 2. The molecule has 1 fully saturated rings. The van der Waals surface area contributed by atoms with Crippen LogP contribution in [-0.2, 0) is 17.3 Å². The van der Waals surface area contributed by atoms with Gasteiger partial charge in [-0.1, -0.05) is 42.7 Å². The summed E-state index contributed by atoms with van der Waals surface area (Å²) in [5.74, 6) is 0.00873. The zero-order chi connectivity index (χ0) is 17.9. The molecular weight excluding hydrogens is 312 g/mol. The maximum absolute atomic E-state index is 12.8. The topological polar surface area (TPSA) is 59.0 Å². The van der Waals surface area contributed by atoms with Gasteiger partial charge in [-0.3, -0.25) is 9.48 Å². The van der Waals surface area contributed by atoms with Gasteiger partial charge < -0.3 is 10.6 Å². The summed E-state index contributed by atoms with van der Waals surface area (Å²) in [7, 11) is 3.67. The van der Waals surface area contributed by atoms with Crippen molar-refractivity contribution >= 4 is 5.91 Å². The van der Waals surface area contributed by atoms with Crippen molar-refractivity contribution in [1.29, 1.82) is 0 Å². The third-order valence-electron chi connectivity index (χ3n) is 5.40. The van der Waals surface area contributed by atoms with Gasteiger partial charge in [-0.25, -0.2) is 0 Å². The number of hydrogen-bond donors (Lipinski definition) is 2. The van der Waals surface area contributed by atoms with Crippen molar-refractivity contribution in [2.24, 2.45) is 7.05 Å². The molecule has 1 amide bonds. The smallest absolute Gasteiger partial charge is 0.241 e. The van der Waals surface area contributed by atoms with Gasteiger partial charge in [0.2, 0.25) is 5.91 Å². The van der Waals surface area contributed by atoms with Gasteiger partial charge in [0.1, 0.15) is 6.04 Å². The predicted octanol–water partition coefficient (Wildman–Crippen LogP) is 2.62. The first kappa shape index (κ1) is 17.7. The Morgan fingerprint density at radius 2 is 2.12 bits per heavy atom. The Kier molecular flexibility index (Phi) is 5.23. The molecule has 3 rings (SSSR count). The maximum Gasteiger partial charge on any atom is 0.241 e. The summed E-state index contributed by atoms with van der Waals surface area (Å²) in [6.07, 6.45) is 8.34. The lowest BCUT2D eigenvalue weighted by atomic mass is 9.78. The van der Waals surface area contributed by atoms with Gasteiger partial charge in [-0.15, -0.1) is 0 Å². The average Bonchev–Trinajstić information content (AvgIpc) is 3.24. The zero-order valence-corrected chi connectivity index (χ0v) is 15.4. The molecule has 0 spiro atoms. The number of aryl methyl sites for hydroxylation is 2. The molecule has 1 aliphatic carbocycles. The fourth-order valence-electron chi connectivity index (χ4n) is 3.99. The molecule has 25 heavy (non-hydrogen) atoms. The minimum Gasteiger partial charge on any atom is -0.354 e. The number of hydrogen-bond acceptors (Lipinski definition) is 3. The van der Waals surface area contributed by atoms with Gasteiger partial charge in [-0.2, -0.15) is 5.10 Å². The number of carbonyl (C=O) groups is 1. The van der Waals surface area contributed by atoms with Crippen LogP contribution in [0.3, 0.4) is 0 Å². The second-order valence-electron chi connectivity index (χ2n) is 7.24. The van der Waals surface area contributed by atoms with Crippen molar-refractivity contribution in [2.45, 2.75) is 44.1 Å². The summed E-state index contributed by atoms with van der Waals surface area (Å²) in [6.45, 7) is 2.82. The average molecular weight is 340 g/mol. The zero-order valence-electron chi connectivity index (χ0n) is 15.4. The quantitative estimate of drug-likeness (QED) is 0.850. The van der Waals surface area contributed by atoms with Crippen LogP contribution in [0.4, 0.5) is 0 Å². The first-order chi connectivity index (χ1) is 12.0. The van der Waals surface area contributed by atoms with Crippen LogP contribution in [0, 0.1) is 6.92 Å². The van der Waals surface area contributed by atoms with E-state index in [0.29, 0.717) is 6.54 Å². The molecule has 5 nitrogen and oxygen atoms in total. The van der Waals surface area contributed by atoms with Crippen LogP contribution in [0.25, 0.3) is 0 Å². The molecule has 0 saturated heterocycles. The molecule has 2 aromatic rings. The number of nitrogens with one attached hydrogen (secondary N) is 2. The lowest BCUT2D eigenvalue weighted by molar-refractivity contribution is -0.123. The van der Waals surface area contributed by atoms with Gasteiger partial charge in [0.25, 0.3) is 0 Å². The molecule has 1 atom stereocenters. The molecule has 1 unspecified atom stereocenters. The van der Waals surface area contributed by atoms with Crippen molar-refractivity contribution in [2.75, 3.05) is 13.6 Å². The second kappa shape index (κ2) is 7.40. The number of aromatic nitrogens is 2. The molecule has 134 valence electrons. The van der Waals surface area contributed by atoms with Crippen molar-refractivity contribution < 1.29 is 4.79 Å². The largest absolute Gasteiger partial charge is 0.354 e. The summed E-state index contributed by atoms with van der Waals surface area (Å²) < 4.78 is 1.72. The van der Waals surface area contributed by atoms with Crippen molar-refractivity contribution in [3.05, 3.63) is 53.3 Å². The molecule has 1 aromatic heterocycles. The van der Waals surface area contributed by atoms with E-state index >= 15 is 0 Å². The summed E-state index contributed by atoms with van der Waals surface area (Å²) in [5, 5.41) is 10.5. The number of carbonyl (C=O) groups excluding carboxylic acids is 1. The van der Waals surface area contributed by atoms with Crippen LogP contribution in [0.2, 0.25) is 0 Å². The minimum absolute atomic E-state index is 0.00873. The van der Waals surface area contributed by atoms with Crippen LogP contribution < -0.4 is 10.6 Å². The summed E-state index contributed by atoms with van der Waals surface area (Å²) in [4.78, 5) is 12.8. The van der Waals surface area contributed by atoms with Crippen LogP contribution in [-0.4, -0.2) is 29.3 Å². The molecule has 0 radical (unpaired) electrons. The Morgan fingerprint density at radius 1 is 1.36 bits per heavy atom. The first-order valence-corrected chi connectivity index (χ1v) is 9.05. The SMILES string of the molecule is CNC(C(=O)NCC1(c2cccc(C)c2)CCCC1)c1cnn(C)c1. The first-order valence-electron chi connectivity index (χ1n) is 9.05. The number of benzene rings is 1. The van der Waals surface area contributed by atoms with E-state index in [-0.39, 0.29) is 17.4 Å². The van der Waals surface area contributed by atoms with Gasteiger partial charge >= 0.3 is 0 Å². The lowest BCUT2D eigenvalue weighted by Gasteiger charge is -2.31. The van der Waals surface area contributed by atoms with E-state index in [1.807, 2.05) is 20.3 Å². The predicted molar refractivity (Wildman–Crippen MR) is 99.3 cm³/mol. The van der Waals surface area contributed by atoms with Gasteiger partial charge in [0.05, 0.1) is 6.20 Å². The van der Waals surface area contributed by atoms with E-state index in [4.69, 9.17) is 0 Å². The molecule has 1 aromatic carbocycles. The van der Waals surface area contributed by atoms with E-state index in [9.17, 15) is 4.79 Å². The highest BCUT2D eigenvalue weighted by atomic mass is 16.2. The van der Waals surface area contributed by atoms with Crippen LogP contribution in [0.15, 0.2) is 36.7 Å². The third kappa shape index (κ3) is 3.76. The molecule has 1 aliphatic rings. The molecule has 5 heteroatoms. The Labute approximate surface area is 149 Å². The molecule has 0 aliphatic heterocycles. The Hall–Kier alpha value is -2.14. The standard InChI is InChI=1S/C20H28N4O/c1-15-7-6-8-17(11-15)20(9-4-5-10-20)14-22-19(25)18(21-2)16-12-23-24(3)13-16/h6-8,11-13,18,21H,4-5,9-10,14H2,1-3H3,(H,22,25). The maximum atomic E-state index is 12.8. The van der Waals surface area contributed by atoms with E-state index in [0.717, 1.165) is 18.4 Å². The highest BCUT2D eigenvalue weighted by Crippen LogP contribution is 2.41. The third-order valence-corrected chi connectivity index (χ3v) is 5.40. The van der Waals surface area contributed by atoms with E-state index < -0.39 is 0 Å². The fraction of sp³-hybridized carbons (Fsp3) is 0.500. The van der Waals surface area contributed by atoms with E-state index in [1.54, 1.807) is 10.9 Å². The second-order valence-corrected chi connectivity index (χ2v) is 7.24. The number of likely N-dealkylation sites (N-methyl/N-ethyl adjacent to an activating group) is 1.